The number of hydrogen-bond donors (Lipinski definition) is 2. The molecule has 1 heterocycles. The summed E-state index contributed by atoms with van der Waals surface area (Å²) in [4.78, 5) is 6.61. The van der Waals surface area contributed by atoms with E-state index in [1.54, 1.807) is 4.68 Å². The van der Waals surface area contributed by atoms with Gasteiger partial charge in [-0.2, -0.15) is 5.10 Å². The molecule has 0 aliphatic rings. The van der Waals surface area contributed by atoms with Gasteiger partial charge in [-0.1, -0.05) is 6.07 Å². The third-order valence-corrected chi connectivity index (χ3v) is 3.66. The molecule has 0 amide bonds. The summed E-state index contributed by atoms with van der Waals surface area (Å²) in [6.45, 7) is 4.70. The van der Waals surface area contributed by atoms with Gasteiger partial charge in [0.1, 0.15) is 0 Å². The molecule has 0 aliphatic carbocycles. The third-order valence-electron chi connectivity index (χ3n) is 3.66. The smallest absolute Gasteiger partial charge is 0.193 e. The Kier molecular flexibility index (Phi) is 7.68. The minimum Gasteiger partial charge on any atom is -0.370 e. The Morgan fingerprint density at radius 2 is 1.92 bits per heavy atom. The van der Waals surface area contributed by atoms with Crippen molar-refractivity contribution < 1.29 is 0 Å². The summed E-state index contributed by atoms with van der Waals surface area (Å²) in [7, 11) is 5.97. The number of nitrogens with one attached hydrogen (secondary N) is 1. The average molecular weight is 442 g/mol. The lowest BCUT2D eigenvalue weighted by Gasteiger charge is -2.21. The van der Waals surface area contributed by atoms with Crippen LogP contribution in [-0.4, -0.2) is 41.3 Å². The van der Waals surface area contributed by atoms with Crippen LogP contribution >= 0.6 is 24.0 Å². The Morgan fingerprint density at radius 1 is 1.29 bits per heavy atom. The Labute approximate surface area is 161 Å². The van der Waals surface area contributed by atoms with Gasteiger partial charge in [0, 0.05) is 24.5 Å². The molecule has 132 valence electrons. The fraction of sp³-hybridized carbons (Fsp3) is 0.412. The molecule has 0 spiro atoms. The summed E-state index contributed by atoms with van der Waals surface area (Å²) in [6.07, 6.45) is 3.88. The zero-order valence-corrected chi connectivity index (χ0v) is 17.3. The van der Waals surface area contributed by atoms with Crippen LogP contribution in [0.4, 0.5) is 5.69 Å². The number of aromatic nitrogens is 2. The van der Waals surface area contributed by atoms with Crippen molar-refractivity contribution in [3.8, 4) is 0 Å². The van der Waals surface area contributed by atoms with Gasteiger partial charge in [-0.25, -0.2) is 0 Å². The van der Waals surface area contributed by atoms with Crippen molar-refractivity contribution in [1.82, 2.24) is 14.7 Å². The van der Waals surface area contributed by atoms with Gasteiger partial charge in [0.2, 0.25) is 0 Å². The van der Waals surface area contributed by atoms with Crippen molar-refractivity contribution in [3.63, 3.8) is 0 Å². The van der Waals surface area contributed by atoms with Gasteiger partial charge in [0.15, 0.2) is 5.96 Å². The number of likely N-dealkylation sites (N-methyl/N-ethyl adjacent to an activating group) is 1. The normalized spacial score (nSPS) is 12.8. The van der Waals surface area contributed by atoms with E-state index in [-0.39, 0.29) is 30.0 Å². The number of nitrogens with zero attached hydrogens (tertiary/aromatic N) is 4. The SMILES string of the molecule is Cc1cc(C)cc(NC(N)=NCC(c2cnn(C)c2)N(C)C)c1.I. The number of rotatable bonds is 5. The van der Waals surface area contributed by atoms with Gasteiger partial charge >= 0.3 is 0 Å². The van der Waals surface area contributed by atoms with Crippen LogP contribution in [0.1, 0.15) is 22.7 Å². The molecule has 6 nitrogen and oxygen atoms in total. The fourth-order valence-electron chi connectivity index (χ4n) is 2.60. The fourth-order valence-corrected chi connectivity index (χ4v) is 2.60. The van der Waals surface area contributed by atoms with Crippen molar-refractivity contribution in [2.45, 2.75) is 19.9 Å². The van der Waals surface area contributed by atoms with Gasteiger partial charge in [-0.15, -0.1) is 24.0 Å². The Bertz CT molecular complexity index is 672. The second-order valence-corrected chi connectivity index (χ2v) is 6.15. The van der Waals surface area contributed by atoms with E-state index in [0.717, 1.165) is 11.3 Å². The van der Waals surface area contributed by atoms with Crippen LogP contribution in [0.2, 0.25) is 0 Å². The van der Waals surface area contributed by atoms with Crippen molar-refractivity contribution in [2.75, 3.05) is 26.0 Å². The number of aryl methyl sites for hydroxylation is 3. The number of halogens is 1. The Morgan fingerprint density at radius 3 is 2.42 bits per heavy atom. The highest BCUT2D eigenvalue weighted by Crippen LogP contribution is 2.18. The van der Waals surface area contributed by atoms with Crippen LogP contribution in [0.5, 0.6) is 0 Å². The van der Waals surface area contributed by atoms with Crippen LogP contribution in [0.3, 0.4) is 0 Å². The molecule has 1 atom stereocenters. The average Bonchev–Trinajstić information content (AvgIpc) is 2.83. The molecule has 3 N–H and O–H groups in total. The molecule has 0 aliphatic heterocycles. The Balaban J connectivity index is 0.00000288. The highest BCUT2D eigenvalue weighted by molar-refractivity contribution is 14.0. The van der Waals surface area contributed by atoms with E-state index in [1.807, 2.05) is 33.5 Å². The first-order valence-electron chi connectivity index (χ1n) is 7.65. The first-order valence-corrected chi connectivity index (χ1v) is 7.65. The van der Waals surface area contributed by atoms with E-state index in [4.69, 9.17) is 5.73 Å². The standard InChI is InChI=1S/C17H26N6.HI/c1-12-6-13(2)8-15(7-12)21-17(18)19-10-16(22(3)4)14-9-20-23(5)11-14;/h6-9,11,16H,10H2,1-5H3,(H3,18,19,21);1H. The van der Waals surface area contributed by atoms with E-state index in [9.17, 15) is 0 Å². The summed E-state index contributed by atoms with van der Waals surface area (Å²) in [6, 6.07) is 6.38. The van der Waals surface area contributed by atoms with Crippen molar-refractivity contribution >= 4 is 35.6 Å². The number of aliphatic imine (C=N–C) groups is 1. The quantitative estimate of drug-likeness (QED) is 0.425. The van der Waals surface area contributed by atoms with Gasteiger partial charge in [-0.05, 0) is 51.2 Å². The molecule has 0 saturated carbocycles. The van der Waals surface area contributed by atoms with Crippen molar-refractivity contribution in [1.29, 1.82) is 0 Å². The van der Waals surface area contributed by atoms with Crippen molar-refractivity contribution in [2.24, 2.45) is 17.8 Å². The molecule has 7 heteroatoms. The van der Waals surface area contributed by atoms with Crippen LogP contribution in [-0.2, 0) is 7.05 Å². The molecule has 1 unspecified atom stereocenters. The molecule has 1 aromatic carbocycles. The lowest BCUT2D eigenvalue weighted by Crippen LogP contribution is -2.27. The minimum absolute atomic E-state index is 0. The summed E-state index contributed by atoms with van der Waals surface area (Å²) in [5, 5.41) is 7.39. The predicted molar refractivity (Wildman–Crippen MR) is 111 cm³/mol. The molecule has 0 fully saturated rings. The number of anilines is 1. The second-order valence-electron chi connectivity index (χ2n) is 6.15. The van der Waals surface area contributed by atoms with Gasteiger partial charge < -0.3 is 16.0 Å². The summed E-state index contributed by atoms with van der Waals surface area (Å²) in [5.74, 6) is 0.422. The van der Waals surface area contributed by atoms with Crippen molar-refractivity contribution in [3.05, 3.63) is 47.3 Å². The maximum absolute atomic E-state index is 6.04. The third kappa shape index (κ3) is 5.79. The van der Waals surface area contributed by atoms with E-state index >= 15 is 0 Å². The number of nitrogens with two attached hydrogens (primary N) is 1. The van der Waals surface area contributed by atoms with Gasteiger partial charge in [-0.3, -0.25) is 9.67 Å². The monoisotopic (exact) mass is 442 g/mol. The van der Waals surface area contributed by atoms with Gasteiger partial charge in [0.05, 0.1) is 18.8 Å². The zero-order chi connectivity index (χ0) is 17.0. The minimum atomic E-state index is 0. The highest BCUT2D eigenvalue weighted by atomic mass is 127. The maximum Gasteiger partial charge on any atom is 0.193 e. The number of benzene rings is 1. The molecular weight excluding hydrogens is 415 g/mol. The van der Waals surface area contributed by atoms with Crippen LogP contribution in [0, 0.1) is 13.8 Å². The lowest BCUT2D eigenvalue weighted by molar-refractivity contribution is 0.306. The molecule has 0 bridgehead atoms. The second kappa shape index (κ2) is 9.03. The zero-order valence-electron chi connectivity index (χ0n) is 14.9. The van der Waals surface area contributed by atoms with Crippen LogP contribution in [0.25, 0.3) is 0 Å². The first-order chi connectivity index (χ1) is 10.8. The largest absolute Gasteiger partial charge is 0.370 e. The Hall–Kier alpha value is -1.61. The van der Waals surface area contributed by atoms with E-state index in [0.29, 0.717) is 12.5 Å². The molecular formula is C17H27IN6. The summed E-state index contributed by atoms with van der Waals surface area (Å²) >= 11 is 0. The topological polar surface area (TPSA) is 71.5 Å². The highest BCUT2D eigenvalue weighted by Gasteiger charge is 2.15. The summed E-state index contributed by atoms with van der Waals surface area (Å²) < 4.78 is 1.80. The molecule has 0 saturated heterocycles. The molecule has 2 rings (SSSR count). The van der Waals surface area contributed by atoms with Gasteiger partial charge in [0.25, 0.3) is 0 Å². The van der Waals surface area contributed by atoms with E-state index in [2.05, 4.69) is 52.4 Å². The first kappa shape index (κ1) is 20.4. The molecule has 0 radical (unpaired) electrons. The molecule has 1 aromatic heterocycles. The lowest BCUT2D eigenvalue weighted by atomic mass is 10.1. The molecule has 2 aromatic rings. The molecule has 24 heavy (non-hydrogen) atoms. The number of hydrogen-bond acceptors (Lipinski definition) is 3. The van der Waals surface area contributed by atoms with Crippen LogP contribution in [0.15, 0.2) is 35.6 Å². The predicted octanol–water partition coefficient (Wildman–Crippen LogP) is 2.68. The van der Waals surface area contributed by atoms with E-state index in [1.165, 1.54) is 11.1 Å². The van der Waals surface area contributed by atoms with E-state index < -0.39 is 0 Å². The summed E-state index contributed by atoms with van der Waals surface area (Å²) in [5.41, 5.74) is 10.5. The van der Waals surface area contributed by atoms with Crippen LogP contribution < -0.4 is 11.1 Å². The number of guanidine groups is 1. The maximum atomic E-state index is 6.04.